The van der Waals surface area contributed by atoms with Crippen LogP contribution in [0.1, 0.15) is 35.6 Å². The molecular formula is C26H30ClN3O5S2. The molecule has 3 aromatic rings. The molecule has 0 spiro atoms. The van der Waals surface area contributed by atoms with Gasteiger partial charge in [-0.1, -0.05) is 62.2 Å². The molecule has 3 rings (SSSR count). The number of thiophene rings is 1. The number of aryl methyl sites for hydroxylation is 1. The van der Waals surface area contributed by atoms with Gasteiger partial charge in [0.1, 0.15) is 5.02 Å². The van der Waals surface area contributed by atoms with Crippen molar-refractivity contribution < 1.29 is 18.1 Å². The van der Waals surface area contributed by atoms with Gasteiger partial charge >= 0.3 is 0 Å². The minimum absolute atomic E-state index is 0.0348. The van der Waals surface area contributed by atoms with Crippen molar-refractivity contribution in [3.05, 3.63) is 91.1 Å². The molecular weight excluding hydrogens is 534 g/mol. The van der Waals surface area contributed by atoms with Gasteiger partial charge in [0.05, 0.1) is 22.9 Å². The summed E-state index contributed by atoms with van der Waals surface area (Å²) in [5, 5.41) is 11.2. The predicted molar refractivity (Wildman–Crippen MR) is 146 cm³/mol. The second-order valence-electron chi connectivity index (χ2n) is 8.93. The molecule has 1 unspecified atom stereocenters. The summed E-state index contributed by atoms with van der Waals surface area (Å²) in [6.45, 7) is 6.19. The summed E-state index contributed by atoms with van der Waals surface area (Å²) in [6.07, 6.45) is 0.698. The van der Waals surface area contributed by atoms with Crippen LogP contribution in [0.2, 0.25) is 5.02 Å². The Balaban J connectivity index is 1.94. The summed E-state index contributed by atoms with van der Waals surface area (Å²) in [5.74, 6) is -0.391. The van der Waals surface area contributed by atoms with Gasteiger partial charge in [-0.2, -0.15) is 4.31 Å². The Morgan fingerprint density at radius 2 is 1.81 bits per heavy atom. The van der Waals surface area contributed by atoms with E-state index >= 15 is 0 Å². The number of halogens is 1. The van der Waals surface area contributed by atoms with Gasteiger partial charge in [-0.05, 0) is 42.7 Å². The van der Waals surface area contributed by atoms with Gasteiger partial charge in [-0.15, -0.1) is 11.3 Å². The third-order valence-electron chi connectivity index (χ3n) is 5.99. The van der Waals surface area contributed by atoms with Gasteiger partial charge in [0.15, 0.2) is 0 Å². The predicted octanol–water partition coefficient (Wildman–Crippen LogP) is 5.88. The zero-order chi connectivity index (χ0) is 27.2. The van der Waals surface area contributed by atoms with Gasteiger partial charge in [-0.3, -0.25) is 14.9 Å². The summed E-state index contributed by atoms with van der Waals surface area (Å²) in [4.78, 5) is 27.8. The van der Waals surface area contributed by atoms with Crippen LogP contribution < -0.4 is 0 Å². The van der Waals surface area contributed by atoms with Crippen molar-refractivity contribution in [3.63, 3.8) is 0 Å². The van der Waals surface area contributed by atoms with E-state index in [2.05, 4.69) is 0 Å². The maximum Gasteiger partial charge on any atom is 0.289 e. The summed E-state index contributed by atoms with van der Waals surface area (Å²) in [6, 6.07) is 16.8. The SMILES string of the molecule is CCC(C)CN(CC(=O)N(Cc1ccccc1)Cc1ccc(C)s1)S(=O)(=O)c1ccc(Cl)c([N+](=O)[O-])c1. The Kier molecular flexibility index (Phi) is 9.83. The highest BCUT2D eigenvalue weighted by molar-refractivity contribution is 7.89. The number of nitro benzene ring substituents is 1. The van der Waals surface area contributed by atoms with Crippen molar-refractivity contribution in [1.29, 1.82) is 0 Å². The first-order valence-electron chi connectivity index (χ1n) is 11.8. The van der Waals surface area contributed by atoms with Crippen LogP contribution in [0, 0.1) is 23.0 Å². The Morgan fingerprint density at radius 1 is 1.11 bits per heavy atom. The number of nitrogens with zero attached hydrogens (tertiary/aromatic N) is 3. The maximum absolute atomic E-state index is 13.6. The van der Waals surface area contributed by atoms with Gasteiger partial charge < -0.3 is 4.90 Å². The lowest BCUT2D eigenvalue weighted by molar-refractivity contribution is -0.384. The van der Waals surface area contributed by atoms with Crippen molar-refractivity contribution >= 4 is 44.6 Å². The highest BCUT2D eigenvalue weighted by Crippen LogP contribution is 2.29. The van der Waals surface area contributed by atoms with Crippen LogP contribution in [0.3, 0.4) is 0 Å². The standard InChI is InChI=1S/C26H30ClN3O5S2/c1-4-19(2)15-29(37(34,35)23-12-13-24(27)25(14-23)30(32)33)18-26(31)28(16-21-8-6-5-7-9-21)17-22-11-10-20(3)36-22/h5-14,19H,4,15-18H2,1-3H3. The largest absolute Gasteiger partial charge is 0.332 e. The van der Waals surface area contributed by atoms with E-state index in [-0.39, 0.29) is 34.8 Å². The normalized spacial score (nSPS) is 12.5. The molecule has 2 aromatic carbocycles. The van der Waals surface area contributed by atoms with E-state index in [1.54, 1.807) is 16.2 Å². The average Bonchev–Trinajstić information content (AvgIpc) is 3.28. The number of hydrogen-bond donors (Lipinski definition) is 0. The van der Waals surface area contributed by atoms with Crippen molar-refractivity contribution in [2.45, 2.75) is 45.2 Å². The number of carbonyl (C=O) groups excluding carboxylic acids is 1. The number of hydrogen-bond acceptors (Lipinski definition) is 6. The van der Waals surface area contributed by atoms with Crippen LogP contribution in [0.5, 0.6) is 0 Å². The zero-order valence-corrected chi connectivity index (χ0v) is 23.4. The fraction of sp³-hybridized carbons (Fsp3) is 0.346. The molecule has 1 atom stereocenters. The fourth-order valence-electron chi connectivity index (χ4n) is 3.71. The molecule has 0 saturated heterocycles. The molecule has 1 aromatic heterocycles. The van der Waals surface area contributed by atoms with Crippen molar-refractivity contribution in [2.24, 2.45) is 5.92 Å². The van der Waals surface area contributed by atoms with Crippen molar-refractivity contribution in [1.82, 2.24) is 9.21 Å². The molecule has 0 aliphatic rings. The van der Waals surface area contributed by atoms with Gasteiger partial charge in [-0.25, -0.2) is 8.42 Å². The smallest absolute Gasteiger partial charge is 0.289 e. The van der Waals surface area contributed by atoms with Crippen LogP contribution >= 0.6 is 22.9 Å². The highest BCUT2D eigenvalue weighted by atomic mass is 35.5. The quantitative estimate of drug-likeness (QED) is 0.202. The number of rotatable bonds is 12. The summed E-state index contributed by atoms with van der Waals surface area (Å²) < 4.78 is 28.4. The number of benzene rings is 2. The molecule has 8 nitrogen and oxygen atoms in total. The highest BCUT2D eigenvalue weighted by Gasteiger charge is 2.31. The average molecular weight is 564 g/mol. The molecule has 0 radical (unpaired) electrons. The minimum Gasteiger partial charge on any atom is -0.332 e. The van der Waals surface area contributed by atoms with Crippen LogP contribution in [0.4, 0.5) is 5.69 Å². The molecule has 1 heterocycles. The molecule has 198 valence electrons. The molecule has 11 heteroatoms. The van der Waals surface area contributed by atoms with Crippen LogP contribution in [0.25, 0.3) is 0 Å². The number of nitro groups is 1. The third kappa shape index (κ3) is 7.61. The first-order chi connectivity index (χ1) is 17.5. The Labute approximate surface area is 226 Å². The summed E-state index contributed by atoms with van der Waals surface area (Å²) in [5.41, 5.74) is 0.421. The zero-order valence-electron chi connectivity index (χ0n) is 21.0. The van der Waals surface area contributed by atoms with E-state index in [0.29, 0.717) is 19.5 Å². The third-order valence-corrected chi connectivity index (χ3v) is 9.10. The molecule has 0 N–H and O–H groups in total. The second-order valence-corrected chi connectivity index (χ2v) is 12.6. The van der Waals surface area contributed by atoms with Gasteiger partial charge in [0, 0.05) is 28.9 Å². The lowest BCUT2D eigenvalue weighted by Gasteiger charge is -2.28. The van der Waals surface area contributed by atoms with E-state index in [1.165, 1.54) is 12.1 Å². The van der Waals surface area contributed by atoms with E-state index in [1.807, 2.05) is 63.2 Å². The van der Waals surface area contributed by atoms with Crippen LogP contribution in [-0.4, -0.2) is 41.5 Å². The first-order valence-corrected chi connectivity index (χ1v) is 14.5. The monoisotopic (exact) mass is 563 g/mol. The fourth-order valence-corrected chi connectivity index (χ4v) is 6.33. The first kappa shape index (κ1) is 28.8. The molecule has 0 fully saturated rings. The lowest BCUT2D eigenvalue weighted by Crippen LogP contribution is -2.44. The van der Waals surface area contributed by atoms with E-state index < -0.39 is 20.6 Å². The van der Waals surface area contributed by atoms with Gasteiger partial charge in [0.2, 0.25) is 15.9 Å². The van der Waals surface area contributed by atoms with Gasteiger partial charge in [0.25, 0.3) is 5.69 Å². The molecule has 0 aliphatic heterocycles. The number of sulfonamides is 1. The van der Waals surface area contributed by atoms with Crippen molar-refractivity contribution in [2.75, 3.05) is 13.1 Å². The summed E-state index contributed by atoms with van der Waals surface area (Å²) >= 11 is 7.48. The van der Waals surface area contributed by atoms with Crippen LogP contribution in [-0.2, 0) is 27.9 Å². The minimum atomic E-state index is -4.22. The molecule has 1 amide bonds. The molecule has 0 aliphatic carbocycles. The Morgan fingerprint density at radius 3 is 2.41 bits per heavy atom. The van der Waals surface area contributed by atoms with E-state index in [0.717, 1.165) is 25.7 Å². The Bertz CT molecular complexity index is 1350. The lowest BCUT2D eigenvalue weighted by atomic mass is 10.1. The second kappa shape index (κ2) is 12.6. The Hall–Kier alpha value is -2.79. The maximum atomic E-state index is 13.6. The molecule has 37 heavy (non-hydrogen) atoms. The van der Waals surface area contributed by atoms with Crippen molar-refractivity contribution in [3.8, 4) is 0 Å². The van der Waals surface area contributed by atoms with Crippen LogP contribution in [0.15, 0.2) is 65.6 Å². The number of amides is 1. The molecule has 0 saturated carbocycles. The molecule has 0 bridgehead atoms. The van der Waals surface area contributed by atoms with E-state index in [4.69, 9.17) is 11.6 Å². The van der Waals surface area contributed by atoms with E-state index in [9.17, 15) is 23.3 Å². The summed E-state index contributed by atoms with van der Waals surface area (Å²) in [7, 11) is -4.22. The number of carbonyl (C=O) groups is 1. The topological polar surface area (TPSA) is 101 Å².